The van der Waals surface area contributed by atoms with E-state index in [1.54, 1.807) is 0 Å². The van der Waals surface area contributed by atoms with Gasteiger partial charge >= 0.3 is 0 Å². The van der Waals surface area contributed by atoms with Crippen LogP contribution >= 0.6 is 0 Å². The lowest BCUT2D eigenvalue weighted by molar-refractivity contribution is 0.373. The van der Waals surface area contributed by atoms with E-state index in [0.717, 1.165) is 13.0 Å². The normalized spacial score (nSPS) is 10.9. The summed E-state index contributed by atoms with van der Waals surface area (Å²) in [5.74, 6) is 1.31. The van der Waals surface area contributed by atoms with E-state index in [-0.39, 0.29) is 0 Å². The first-order valence-corrected chi connectivity index (χ1v) is 4.83. The highest BCUT2D eigenvalue weighted by Gasteiger charge is 2.06. The van der Waals surface area contributed by atoms with Gasteiger partial charge in [-0.05, 0) is 5.16 Å². The molecule has 1 rings (SSSR count). The molecule has 0 aliphatic carbocycles. The largest absolute Gasteiger partial charge is 0.344 e. The van der Waals surface area contributed by atoms with Crippen molar-refractivity contribution < 1.29 is 4.52 Å². The number of hydrogen-bond acceptors (Lipinski definition) is 5. The average molecular weight is 198 g/mol. The van der Waals surface area contributed by atoms with Crippen molar-refractivity contribution in [2.45, 2.75) is 26.3 Å². The summed E-state index contributed by atoms with van der Waals surface area (Å²) in [7, 11) is 3.78. The van der Waals surface area contributed by atoms with Crippen molar-refractivity contribution in [3.05, 3.63) is 5.89 Å². The molecule has 0 radical (unpaired) electrons. The number of hydrogen-bond donors (Lipinski definition) is 1. The SMILES string of the molecule is CC(C)NCCc1nc(N(C)C)no1. The Hall–Kier alpha value is -1.10. The Bertz CT molecular complexity index is 270. The number of nitrogens with one attached hydrogen (secondary N) is 1. The van der Waals surface area contributed by atoms with Gasteiger partial charge in [-0.3, -0.25) is 0 Å². The molecule has 1 aromatic rings. The zero-order chi connectivity index (χ0) is 10.6. The Morgan fingerprint density at radius 2 is 2.14 bits per heavy atom. The second-order valence-corrected chi connectivity index (χ2v) is 3.74. The Kier molecular flexibility index (Phi) is 3.88. The van der Waals surface area contributed by atoms with Crippen LogP contribution in [0, 0.1) is 0 Å². The van der Waals surface area contributed by atoms with Crippen molar-refractivity contribution in [2.75, 3.05) is 25.5 Å². The van der Waals surface area contributed by atoms with Crippen LogP contribution in [0.4, 0.5) is 5.95 Å². The van der Waals surface area contributed by atoms with E-state index in [4.69, 9.17) is 4.52 Å². The molecule has 0 spiro atoms. The maximum Gasteiger partial charge on any atom is 0.265 e. The summed E-state index contributed by atoms with van der Waals surface area (Å²) in [5, 5.41) is 7.12. The van der Waals surface area contributed by atoms with E-state index in [9.17, 15) is 0 Å². The molecule has 5 heteroatoms. The van der Waals surface area contributed by atoms with Gasteiger partial charge in [0.2, 0.25) is 5.89 Å². The predicted molar refractivity (Wildman–Crippen MR) is 55.5 cm³/mol. The van der Waals surface area contributed by atoms with Crippen LogP contribution in [0.5, 0.6) is 0 Å². The third-order valence-electron chi connectivity index (χ3n) is 1.75. The van der Waals surface area contributed by atoms with E-state index >= 15 is 0 Å². The molecule has 1 heterocycles. The number of nitrogens with zero attached hydrogens (tertiary/aromatic N) is 3. The van der Waals surface area contributed by atoms with Crippen molar-refractivity contribution in [1.29, 1.82) is 0 Å². The van der Waals surface area contributed by atoms with Crippen molar-refractivity contribution >= 4 is 5.95 Å². The van der Waals surface area contributed by atoms with Gasteiger partial charge in [-0.15, -0.1) is 0 Å². The molecule has 80 valence electrons. The Morgan fingerprint density at radius 3 is 2.64 bits per heavy atom. The fourth-order valence-corrected chi connectivity index (χ4v) is 0.997. The van der Waals surface area contributed by atoms with Gasteiger partial charge in [0.25, 0.3) is 5.95 Å². The van der Waals surface area contributed by atoms with Gasteiger partial charge in [-0.2, -0.15) is 4.98 Å². The molecule has 0 aromatic carbocycles. The van der Waals surface area contributed by atoms with Crippen LogP contribution in [0.1, 0.15) is 19.7 Å². The molecule has 1 aromatic heterocycles. The highest BCUT2D eigenvalue weighted by Crippen LogP contribution is 2.05. The van der Waals surface area contributed by atoms with Crippen molar-refractivity contribution in [3.8, 4) is 0 Å². The lowest BCUT2D eigenvalue weighted by atomic mass is 10.3. The summed E-state index contributed by atoms with van der Waals surface area (Å²) in [6.45, 7) is 5.09. The highest BCUT2D eigenvalue weighted by molar-refractivity contribution is 5.23. The van der Waals surface area contributed by atoms with Gasteiger partial charge in [0.1, 0.15) is 0 Å². The molecule has 14 heavy (non-hydrogen) atoms. The molecule has 0 atom stereocenters. The summed E-state index contributed by atoms with van der Waals surface area (Å²) in [6, 6.07) is 0.492. The molecule has 0 aliphatic heterocycles. The molecule has 0 saturated carbocycles. The monoisotopic (exact) mass is 198 g/mol. The van der Waals surface area contributed by atoms with E-state index in [0.29, 0.717) is 17.9 Å². The zero-order valence-electron chi connectivity index (χ0n) is 9.24. The Balaban J connectivity index is 2.36. The second kappa shape index (κ2) is 4.95. The van der Waals surface area contributed by atoms with Gasteiger partial charge in [-0.25, -0.2) is 0 Å². The van der Waals surface area contributed by atoms with Gasteiger partial charge in [-0.1, -0.05) is 13.8 Å². The average Bonchev–Trinajstić information content (AvgIpc) is 2.52. The van der Waals surface area contributed by atoms with Gasteiger partial charge in [0, 0.05) is 33.1 Å². The van der Waals surface area contributed by atoms with E-state index in [1.165, 1.54) is 0 Å². The molecule has 0 saturated heterocycles. The van der Waals surface area contributed by atoms with E-state index in [1.807, 2.05) is 19.0 Å². The maximum atomic E-state index is 5.06. The molecule has 0 aliphatic rings. The Labute approximate surface area is 84.5 Å². The van der Waals surface area contributed by atoms with Crippen LogP contribution in [0.3, 0.4) is 0 Å². The molecular formula is C9H18N4O. The first-order valence-electron chi connectivity index (χ1n) is 4.83. The molecule has 0 fully saturated rings. The van der Waals surface area contributed by atoms with Crippen LogP contribution in [0.15, 0.2) is 4.52 Å². The van der Waals surface area contributed by atoms with Crippen LogP contribution in [-0.4, -0.2) is 36.8 Å². The minimum atomic E-state index is 0.492. The second-order valence-electron chi connectivity index (χ2n) is 3.74. The van der Waals surface area contributed by atoms with E-state index < -0.39 is 0 Å². The van der Waals surface area contributed by atoms with Gasteiger partial charge in [0.15, 0.2) is 0 Å². The first kappa shape index (κ1) is 11.0. The topological polar surface area (TPSA) is 54.2 Å². The number of rotatable bonds is 5. The fourth-order valence-electron chi connectivity index (χ4n) is 0.997. The van der Waals surface area contributed by atoms with Crippen LogP contribution in [0.2, 0.25) is 0 Å². The minimum absolute atomic E-state index is 0.492. The number of anilines is 1. The first-order chi connectivity index (χ1) is 6.59. The minimum Gasteiger partial charge on any atom is -0.344 e. The molecule has 0 unspecified atom stereocenters. The van der Waals surface area contributed by atoms with Crippen LogP contribution in [0.25, 0.3) is 0 Å². The highest BCUT2D eigenvalue weighted by atomic mass is 16.5. The lowest BCUT2D eigenvalue weighted by Crippen LogP contribution is -2.25. The third-order valence-corrected chi connectivity index (χ3v) is 1.75. The standard InChI is InChI=1S/C9H18N4O/c1-7(2)10-6-5-8-11-9(12-14-8)13(3)4/h7,10H,5-6H2,1-4H3. The molecule has 5 nitrogen and oxygen atoms in total. The van der Waals surface area contributed by atoms with Crippen molar-refractivity contribution in [2.24, 2.45) is 0 Å². The van der Waals surface area contributed by atoms with Crippen LogP contribution in [-0.2, 0) is 6.42 Å². The summed E-state index contributed by atoms with van der Waals surface area (Å²) in [4.78, 5) is 6.04. The van der Waals surface area contributed by atoms with Gasteiger partial charge < -0.3 is 14.7 Å². The maximum absolute atomic E-state index is 5.06. The molecular weight excluding hydrogens is 180 g/mol. The molecule has 0 bridgehead atoms. The molecule has 0 amide bonds. The van der Waals surface area contributed by atoms with Crippen molar-refractivity contribution in [1.82, 2.24) is 15.5 Å². The summed E-state index contributed by atoms with van der Waals surface area (Å²) >= 11 is 0. The van der Waals surface area contributed by atoms with Crippen molar-refractivity contribution in [3.63, 3.8) is 0 Å². The number of aromatic nitrogens is 2. The summed E-state index contributed by atoms with van der Waals surface area (Å²) < 4.78 is 5.06. The zero-order valence-corrected chi connectivity index (χ0v) is 9.24. The van der Waals surface area contributed by atoms with E-state index in [2.05, 4.69) is 29.3 Å². The quantitative estimate of drug-likeness (QED) is 0.754. The summed E-state index contributed by atoms with van der Waals surface area (Å²) in [5.41, 5.74) is 0. The fraction of sp³-hybridized carbons (Fsp3) is 0.778. The van der Waals surface area contributed by atoms with Crippen LogP contribution < -0.4 is 10.2 Å². The molecule has 1 N–H and O–H groups in total. The third kappa shape index (κ3) is 3.33. The van der Waals surface area contributed by atoms with Gasteiger partial charge in [0.05, 0.1) is 0 Å². The smallest absolute Gasteiger partial charge is 0.265 e. The summed E-state index contributed by atoms with van der Waals surface area (Å²) in [6.07, 6.45) is 0.777. The Morgan fingerprint density at radius 1 is 1.43 bits per heavy atom. The lowest BCUT2D eigenvalue weighted by Gasteiger charge is -2.05. The predicted octanol–water partition coefficient (Wildman–Crippen LogP) is 0.676.